The smallest absolute Gasteiger partial charge is 0.0490 e. The van der Waals surface area contributed by atoms with E-state index in [1.54, 1.807) is 0 Å². The summed E-state index contributed by atoms with van der Waals surface area (Å²) in [5, 5.41) is 2.45. The number of nitrogens with zero attached hydrogens (tertiary/aromatic N) is 2. The number of anilines is 4. The van der Waals surface area contributed by atoms with E-state index in [4.69, 9.17) is 0 Å². The third-order valence-electron chi connectivity index (χ3n) is 15.3. The standard InChI is InChI=1S/C74H62N2/c1-5-21-59(22-6-1)71(60-23-7-2-8-24-60)53-75(73-37-19-33-57-29-15-17-35-69(57)73)67-47-41-55(42-48-67)39-45-65-51-63-31-13-14-32-64(63)52-66(65)46-40-56-43-49-68(50-44-56)76(74-38-20-34-58-30-16-18-36-70(58)74)54-72(61-25-9-3-10-26-61)62-27-11-4-12-28-62/h1-14,19-28,31-34,37-54H,15-18,29-30,35-36H2/b45-39+,46-40+. The zero-order chi connectivity index (χ0) is 50.9. The van der Waals surface area contributed by atoms with Crippen LogP contribution in [0.25, 0.3) is 46.2 Å². The van der Waals surface area contributed by atoms with Gasteiger partial charge < -0.3 is 9.80 Å². The van der Waals surface area contributed by atoms with Crippen LogP contribution in [0.5, 0.6) is 0 Å². The van der Waals surface area contributed by atoms with Gasteiger partial charge in [-0.25, -0.2) is 0 Å². The van der Waals surface area contributed by atoms with Gasteiger partial charge in [0.05, 0.1) is 0 Å². The summed E-state index contributed by atoms with van der Waals surface area (Å²) in [6.07, 6.45) is 23.1. The molecule has 0 aliphatic heterocycles. The van der Waals surface area contributed by atoms with Crippen molar-refractivity contribution in [3.8, 4) is 0 Å². The second-order valence-electron chi connectivity index (χ2n) is 20.2. The molecule has 2 heteroatoms. The lowest BCUT2D eigenvalue weighted by Gasteiger charge is -2.29. The molecule has 0 amide bonds. The van der Waals surface area contributed by atoms with Gasteiger partial charge in [0.1, 0.15) is 0 Å². The van der Waals surface area contributed by atoms with Crippen molar-refractivity contribution in [2.24, 2.45) is 0 Å². The summed E-state index contributed by atoms with van der Waals surface area (Å²) in [4.78, 5) is 4.86. The maximum Gasteiger partial charge on any atom is 0.0490 e. The first kappa shape index (κ1) is 48.0. The van der Waals surface area contributed by atoms with Crippen molar-refractivity contribution < 1.29 is 0 Å². The predicted molar refractivity (Wildman–Crippen MR) is 325 cm³/mol. The van der Waals surface area contributed by atoms with Gasteiger partial charge in [-0.3, -0.25) is 0 Å². The topological polar surface area (TPSA) is 6.48 Å². The first-order valence-corrected chi connectivity index (χ1v) is 27.2. The van der Waals surface area contributed by atoms with Gasteiger partial charge in [-0.05, 0) is 177 Å². The van der Waals surface area contributed by atoms with E-state index in [1.165, 1.54) is 115 Å². The Kier molecular flexibility index (Phi) is 14.3. The minimum Gasteiger partial charge on any atom is -0.316 e. The van der Waals surface area contributed by atoms with Gasteiger partial charge in [0.25, 0.3) is 0 Å². The Morgan fingerprint density at radius 1 is 0.303 bits per heavy atom. The lowest BCUT2D eigenvalue weighted by Crippen LogP contribution is -2.15. The van der Waals surface area contributed by atoms with Crippen molar-refractivity contribution in [2.45, 2.75) is 51.4 Å². The van der Waals surface area contributed by atoms with Crippen LogP contribution in [0.1, 0.15) is 92.4 Å². The lowest BCUT2D eigenvalue weighted by molar-refractivity contribution is 0.685. The summed E-state index contributed by atoms with van der Waals surface area (Å²) < 4.78 is 0. The molecule has 0 fully saturated rings. The molecule has 2 nitrogen and oxygen atoms in total. The summed E-state index contributed by atoms with van der Waals surface area (Å²) in [5.74, 6) is 0. The van der Waals surface area contributed by atoms with Gasteiger partial charge in [0.2, 0.25) is 0 Å². The first-order chi connectivity index (χ1) is 37.7. The fraction of sp³-hybridized carbons (Fsp3) is 0.108. The second kappa shape index (κ2) is 22.6. The molecule has 12 rings (SSSR count). The Balaban J connectivity index is 0.870. The average molecular weight is 979 g/mol. The third-order valence-corrected chi connectivity index (χ3v) is 15.3. The van der Waals surface area contributed by atoms with E-state index >= 15 is 0 Å². The monoisotopic (exact) mass is 978 g/mol. The highest BCUT2D eigenvalue weighted by Gasteiger charge is 2.21. The third kappa shape index (κ3) is 10.7. The van der Waals surface area contributed by atoms with Crippen LogP contribution in [0.4, 0.5) is 22.7 Å². The van der Waals surface area contributed by atoms with Gasteiger partial charge >= 0.3 is 0 Å². The van der Waals surface area contributed by atoms with Gasteiger partial charge in [-0.1, -0.05) is 218 Å². The molecule has 0 atom stereocenters. The molecular formula is C74H62N2. The molecule has 10 aromatic rings. The predicted octanol–water partition coefficient (Wildman–Crippen LogP) is 19.4. The van der Waals surface area contributed by atoms with E-state index in [-0.39, 0.29) is 0 Å². The maximum atomic E-state index is 2.43. The van der Waals surface area contributed by atoms with Gasteiger partial charge in [-0.2, -0.15) is 0 Å². The SMILES string of the molecule is C(=C(c1ccccc1)c1ccccc1)N(c1ccc(/C=C/c2cc3ccccc3cc2/C=C/c2ccc(N(C=C(c3ccccc3)c3ccccc3)c3cccc4c3CCCC4)cc2)cc1)c1cccc2c1CCCC2. The van der Waals surface area contributed by atoms with Crippen LogP contribution >= 0.6 is 0 Å². The molecule has 0 bridgehead atoms. The van der Waals surface area contributed by atoms with E-state index in [2.05, 4.69) is 289 Å². The Morgan fingerprint density at radius 2 is 0.645 bits per heavy atom. The molecular weight excluding hydrogens is 917 g/mol. The highest BCUT2D eigenvalue weighted by molar-refractivity contribution is 5.92. The fourth-order valence-electron chi connectivity index (χ4n) is 11.3. The molecule has 10 aromatic carbocycles. The molecule has 0 aromatic heterocycles. The van der Waals surface area contributed by atoms with Crippen molar-refractivity contribution in [1.29, 1.82) is 0 Å². The van der Waals surface area contributed by atoms with Crippen molar-refractivity contribution in [2.75, 3.05) is 9.80 Å². The Bertz CT molecular complexity index is 3390. The molecule has 2 aliphatic rings. The van der Waals surface area contributed by atoms with Crippen LogP contribution in [0.2, 0.25) is 0 Å². The van der Waals surface area contributed by atoms with E-state index in [1.807, 2.05) is 0 Å². The summed E-state index contributed by atoms with van der Waals surface area (Å²) in [6, 6.07) is 88.4. The average Bonchev–Trinajstić information content (AvgIpc) is 3.50. The quantitative estimate of drug-likeness (QED) is 0.100. The molecule has 2 aliphatic carbocycles. The zero-order valence-electron chi connectivity index (χ0n) is 43.1. The minimum absolute atomic E-state index is 1.09. The number of fused-ring (bicyclic) bond motifs is 3. The number of aryl methyl sites for hydroxylation is 2. The largest absolute Gasteiger partial charge is 0.316 e. The highest BCUT2D eigenvalue weighted by atomic mass is 15.1. The number of hydrogen-bond donors (Lipinski definition) is 0. The molecule has 0 radical (unpaired) electrons. The van der Waals surface area contributed by atoms with Crippen LogP contribution in [0, 0.1) is 0 Å². The van der Waals surface area contributed by atoms with Gasteiger partial charge in [0.15, 0.2) is 0 Å². The maximum absolute atomic E-state index is 2.43. The molecule has 0 saturated carbocycles. The van der Waals surface area contributed by atoms with Gasteiger partial charge in [-0.15, -0.1) is 0 Å². The lowest BCUT2D eigenvalue weighted by atomic mass is 9.90. The molecule has 0 saturated heterocycles. The minimum atomic E-state index is 1.09. The Morgan fingerprint density at radius 3 is 1.01 bits per heavy atom. The Hall–Kier alpha value is -8.98. The molecule has 368 valence electrons. The van der Waals surface area contributed by atoms with Crippen molar-refractivity contribution in [3.63, 3.8) is 0 Å². The second-order valence-corrected chi connectivity index (χ2v) is 20.2. The normalized spacial score (nSPS) is 13.0. The zero-order valence-corrected chi connectivity index (χ0v) is 43.1. The summed E-state index contributed by atoms with van der Waals surface area (Å²) >= 11 is 0. The Labute approximate surface area is 449 Å². The van der Waals surface area contributed by atoms with Crippen LogP contribution < -0.4 is 9.80 Å². The van der Waals surface area contributed by atoms with Crippen LogP contribution in [0.3, 0.4) is 0 Å². The van der Waals surface area contributed by atoms with Crippen molar-refractivity contribution in [1.82, 2.24) is 0 Å². The summed E-state index contributed by atoms with van der Waals surface area (Å²) in [6.45, 7) is 0. The fourth-order valence-corrected chi connectivity index (χ4v) is 11.3. The summed E-state index contributed by atoms with van der Waals surface area (Å²) in [7, 11) is 0. The van der Waals surface area contributed by atoms with E-state index in [9.17, 15) is 0 Å². The van der Waals surface area contributed by atoms with Crippen LogP contribution in [-0.4, -0.2) is 0 Å². The molecule has 0 spiro atoms. The van der Waals surface area contributed by atoms with Crippen molar-refractivity contribution >= 4 is 69.0 Å². The molecule has 76 heavy (non-hydrogen) atoms. The molecule has 0 heterocycles. The summed E-state index contributed by atoms with van der Waals surface area (Å²) in [5.41, 5.74) is 22.4. The van der Waals surface area contributed by atoms with Crippen LogP contribution in [-0.2, 0) is 25.7 Å². The van der Waals surface area contributed by atoms with Crippen molar-refractivity contribution in [3.05, 3.63) is 322 Å². The highest BCUT2D eigenvalue weighted by Crippen LogP contribution is 2.40. The molecule has 0 unspecified atom stereocenters. The van der Waals surface area contributed by atoms with Gasteiger partial charge in [0, 0.05) is 46.3 Å². The van der Waals surface area contributed by atoms with E-state index in [0.29, 0.717) is 0 Å². The first-order valence-electron chi connectivity index (χ1n) is 27.2. The number of hydrogen-bond acceptors (Lipinski definition) is 2. The van der Waals surface area contributed by atoms with E-state index in [0.717, 1.165) is 48.2 Å². The number of benzene rings is 10. The van der Waals surface area contributed by atoms with Crippen LogP contribution in [0.15, 0.2) is 255 Å². The van der Waals surface area contributed by atoms with E-state index < -0.39 is 0 Å². The molecule has 0 N–H and O–H groups in total. The number of rotatable bonds is 14.